The lowest BCUT2D eigenvalue weighted by Gasteiger charge is -2.36. The molecular weight excluding hydrogens is 390 g/mol. The van der Waals surface area contributed by atoms with Gasteiger partial charge >= 0.3 is 0 Å². The highest BCUT2D eigenvalue weighted by atomic mass is 16.2. The SMILES string of the molecule is Cc1ccc(-n2nnc3c(N4CCN(C(=O)CC5CCCCC5)CC4)ncnc32)cc1. The van der Waals surface area contributed by atoms with E-state index in [-0.39, 0.29) is 0 Å². The van der Waals surface area contributed by atoms with E-state index in [0.717, 1.165) is 37.7 Å². The molecule has 1 amide bonds. The average molecular weight is 420 g/mol. The molecule has 2 aliphatic rings. The number of piperazine rings is 1. The van der Waals surface area contributed by atoms with Crippen LogP contribution in [0.3, 0.4) is 0 Å². The van der Waals surface area contributed by atoms with E-state index in [0.29, 0.717) is 29.4 Å². The molecule has 1 aliphatic carbocycles. The molecular formula is C23H29N7O. The number of fused-ring (bicyclic) bond motifs is 1. The Morgan fingerprint density at radius 3 is 2.48 bits per heavy atom. The maximum Gasteiger partial charge on any atom is 0.222 e. The molecule has 3 aromatic rings. The lowest BCUT2D eigenvalue weighted by atomic mass is 9.86. The first-order valence-electron chi connectivity index (χ1n) is 11.4. The molecule has 0 radical (unpaired) electrons. The zero-order valence-corrected chi connectivity index (χ0v) is 18.1. The van der Waals surface area contributed by atoms with Gasteiger partial charge in [-0.3, -0.25) is 4.79 Å². The first-order chi connectivity index (χ1) is 15.2. The van der Waals surface area contributed by atoms with Crippen molar-refractivity contribution in [2.45, 2.75) is 45.4 Å². The average Bonchev–Trinajstić information content (AvgIpc) is 3.25. The van der Waals surface area contributed by atoms with Crippen molar-refractivity contribution in [3.8, 4) is 5.69 Å². The number of aromatic nitrogens is 5. The molecule has 1 saturated carbocycles. The fourth-order valence-electron chi connectivity index (χ4n) is 4.76. The number of aryl methyl sites for hydroxylation is 1. The van der Waals surface area contributed by atoms with Crippen LogP contribution in [0.25, 0.3) is 16.9 Å². The first kappa shape index (κ1) is 19.9. The normalized spacial score (nSPS) is 18.0. The van der Waals surface area contributed by atoms with Crippen LogP contribution in [0.4, 0.5) is 5.82 Å². The van der Waals surface area contributed by atoms with Crippen molar-refractivity contribution in [2.24, 2.45) is 5.92 Å². The maximum absolute atomic E-state index is 12.8. The van der Waals surface area contributed by atoms with E-state index < -0.39 is 0 Å². The smallest absolute Gasteiger partial charge is 0.222 e. The summed E-state index contributed by atoms with van der Waals surface area (Å²) in [6.45, 7) is 5.01. The molecule has 2 aromatic heterocycles. The number of anilines is 1. The highest BCUT2D eigenvalue weighted by molar-refractivity contribution is 5.84. The van der Waals surface area contributed by atoms with Crippen molar-refractivity contribution in [3.05, 3.63) is 36.2 Å². The van der Waals surface area contributed by atoms with Gasteiger partial charge in [0.05, 0.1) is 5.69 Å². The Morgan fingerprint density at radius 2 is 1.74 bits per heavy atom. The lowest BCUT2D eigenvalue weighted by Crippen LogP contribution is -2.49. The molecule has 0 unspecified atom stereocenters. The third kappa shape index (κ3) is 4.11. The monoisotopic (exact) mass is 419 g/mol. The number of carbonyl (C=O) groups excluding carboxylic acids is 1. The molecule has 8 nitrogen and oxygen atoms in total. The Labute approximate surface area is 182 Å². The van der Waals surface area contributed by atoms with E-state index in [4.69, 9.17) is 0 Å². The summed E-state index contributed by atoms with van der Waals surface area (Å²) in [5, 5.41) is 8.72. The van der Waals surface area contributed by atoms with Crippen molar-refractivity contribution in [3.63, 3.8) is 0 Å². The van der Waals surface area contributed by atoms with Crippen molar-refractivity contribution in [2.75, 3.05) is 31.1 Å². The van der Waals surface area contributed by atoms with E-state index >= 15 is 0 Å². The minimum absolute atomic E-state index is 0.310. The van der Waals surface area contributed by atoms with Gasteiger partial charge in [-0.05, 0) is 37.8 Å². The second-order valence-corrected chi connectivity index (χ2v) is 8.78. The van der Waals surface area contributed by atoms with Gasteiger partial charge in [-0.1, -0.05) is 42.2 Å². The number of hydrogen-bond acceptors (Lipinski definition) is 6. The standard InChI is InChI=1S/C23H29N7O/c1-17-7-9-19(10-8-17)30-23-21(26-27-30)22(24-16-25-23)29-13-11-28(12-14-29)20(31)15-18-5-3-2-4-6-18/h7-10,16,18H,2-6,11-15H2,1H3. The highest BCUT2D eigenvalue weighted by Crippen LogP contribution is 2.28. The van der Waals surface area contributed by atoms with Crippen LogP contribution in [0.5, 0.6) is 0 Å². The zero-order chi connectivity index (χ0) is 21.2. The molecule has 0 bridgehead atoms. The van der Waals surface area contributed by atoms with Gasteiger partial charge < -0.3 is 9.80 Å². The van der Waals surface area contributed by atoms with Gasteiger partial charge in [-0.2, -0.15) is 4.68 Å². The summed E-state index contributed by atoms with van der Waals surface area (Å²) in [4.78, 5) is 25.9. The van der Waals surface area contributed by atoms with E-state index in [1.807, 2.05) is 17.0 Å². The first-order valence-corrected chi connectivity index (χ1v) is 11.4. The highest BCUT2D eigenvalue weighted by Gasteiger charge is 2.26. The Hall–Kier alpha value is -3.03. The predicted octanol–water partition coefficient (Wildman–Crippen LogP) is 3.14. The molecule has 8 heteroatoms. The van der Waals surface area contributed by atoms with Crippen LogP contribution < -0.4 is 4.90 Å². The van der Waals surface area contributed by atoms with Crippen LogP contribution in [-0.4, -0.2) is 61.9 Å². The summed E-state index contributed by atoms with van der Waals surface area (Å²) in [6.07, 6.45) is 8.58. The Balaban J connectivity index is 1.28. The zero-order valence-electron chi connectivity index (χ0n) is 18.1. The fourth-order valence-corrected chi connectivity index (χ4v) is 4.76. The summed E-state index contributed by atoms with van der Waals surface area (Å²) in [7, 11) is 0. The van der Waals surface area contributed by atoms with Gasteiger partial charge in [-0.15, -0.1) is 5.10 Å². The van der Waals surface area contributed by atoms with Crippen molar-refractivity contribution >= 4 is 22.9 Å². The van der Waals surface area contributed by atoms with Crippen molar-refractivity contribution < 1.29 is 4.79 Å². The molecule has 162 valence electrons. The van der Waals surface area contributed by atoms with Gasteiger partial charge in [0.25, 0.3) is 0 Å². The van der Waals surface area contributed by atoms with E-state index in [1.54, 1.807) is 11.0 Å². The number of carbonyl (C=O) groups is 1. The summed E-state index contributed by atoms with van der Waals surface area (Å²) < 4.78 is 1.75. The molecule has 0 N–H and O–H groups in total. The minimum Gasteiger partial charge on any atom is -0.351 e. The maximum atomic E-state index is 12.8. The second-order valence-electron chi connectivity index (χ2n) is 8.78. The molecule has 1 saturated heterocycles. The van der Waals surface area contributed by atoms with Crippen LogP contribution in [0, 0.1) is 12.8 Å². The molecule has 5 rings (SSSR count). The van der Waals surface area contributed by atoms with Gasteiger partial charge in [0.2, 0.25) is 5.91 Å². The molecule has 1 aliphatic heterocycles. The summed E-state index contributed by atoms with van der Waals surface area (Å²) in [5.41, 5.74) is 3.52. The van der Waals surface area contributed by atoms with E-state index in [2.05, 4.69) is 44.2 Å². The van der Waals surface area contributed by atoms with Crippen molar-refractivity contribution in [1.29, 1.82) is 0 Å². The van der Waals surface area contributed by atoms with Gasteiger partial charge in [0.1, 0.15) is 6.33 Å². The Kier molecular flexibility index (Phi) is 5.53. The Bertz CT molecular complexity index is 1050. The molecule has 2 fully saturated rings. The van der Waals surface area contributed by atoms with Crippen LogP contribution in [-0.2, 0) is 4.79 Å². The van der Waals surface area contributed by atoms with Crippen LogP contribution in [0.1, 0.15) is 44.1 Å². The summed E-state index contributed by atoms with van der Waals surface area (Å²) in [5.74, 6) is 1.69. The second kappa shape index (κ2) is 8.61. The lowest BCUT2D eigenvalue weighted by molar-refractivity contribution is -0.132. The summed E-state index contributed by atoms with van der Waals surface area (Å²) in [6, 6.07) is 8.13. The number of rotatable bonds is 4. The minimum atomic E-state index is 0.310. The molecule has 0 spiro atoms. The van der Waals surface area contributed by atoms with Crippen molar-refractivity contribution in [1.82, 2.24) is 29.9 Å². The third-order valence-electron chi connectivity index (χ3n) is 6.62. The van der Waals surface area contributed by atoms with Gasteiger partial charge in [0, 0.05) is 32.6 Å². The fraction of sp³-hybridized carbons (Fsp3) is 0.522. The summed E-state index contributed by atoms with van der Waals surface area (Å²) >= 11 is 0. The molecule has 1 aromatic carbocycles. The Morgan fingerprint density at radius 1 is 1.00 bits per heavy atom. The van der Waals surface area contributed by atoms with E-state index in [9.17, 15) is 4.79 Å². The number of amides is 1. The predicted molar refractivity (Wildman–Crippen MR) is 119 cm³/mol. The number of benzene rings is 1. The number of nitrogens with zero attached hydrogens (tertiary/aromatic N) is 7. The molecule has 3 heterocycles. The van der Waals surface area contributed by atoms with Crippen LogP contribution in [0.2, 0.25) is 0 Å². The van der Waals surface area contributed by atoms with Crippen LogP contribution in [0.15, 0.2) is 30.6 Å². The largest absolute Gasteiger partial charge is 0.351 e. The quantitative estimate of drug-likeness (QED) is 0.646. The number of hydrogen-bond donors (Lipinski definition) is 0. The van der Waals surface area contributed by atoms with Gasteiger partial charge in [0.15, 0.2) is 17.0 Å². The third-order valence-corrected chi connectivity index (χ3v) is 6.62. The topological polar surface area (TPSA) is 80.0 Å². The van der Waals surface area contributed by atoms with Crippen LogP contribution >= 0.6 is 0 Å². The van der Waals surface area contributed by atoms with E-state index in [1.165, 1.54) is 37.7 Å². The molecule has 31 heavy (non-hydrogen) atoms. The van der Waals surface area contributed by atoms with Gasteiger partial charge in [-0.25, -0.2) is 9.97 Å². The molecule has 0 atom stereocenters.